The van der Waals surface area contributed by atoms with Gasteiger partial charge in [-0.15, -0.1) is 0 Å². The van der Waals surface area contributed by atoms with Crippen molar-refractivity contribution >= 4 is 5.91 Å². The molecule has 0 atom stereocenters. The molecule has 1 aliphatic heterocycles. The fraction of sp³-hybridized carbons (Fsp3) is 0.857. The van der Waals surface area contributed by atoms with Crippen molar-refractivity contribution in [3.63, 3.8) is 0 Å². The van der Waals surface area contributed by atoms with Gasteiger partial charge >= 0.3 is 0 Å². The molecule has 0 spiro atoms. The molecule has 1 amide bonds. The first-order valence-corrected chi connectivity index (χ1v) is 3.36. The number of carbonyl (C=O) groups is 1. The minimum atomic E-state index is 0.292. The average molecular weight is 145 g/mol. The Morgan fingerprint density at radius 3 is 2.10 bits per heavy atom. The van der Waals surface area contributed by atoms with E-state index in [4.69, 9.17) is 0 Å². The van der Waals surface area contributed by atoms with Gasteiger partial charge in [0.15, 0.2) is 0 Å². The standard InChI is InChI=1S/C5H9NO.C2H6O/c1-6-4-2-3-5(6)7;1-3-2/h2-4H2,1H3;1-2H3. The molecule has 60 valence electrons. The summed E-state index contributed by atoms with van der Waals surface area (Å²) in [5.74, 6) is 0.292. The molecule has 1 aliphatic rings. The molecule has 3 nitrogen and oxygen atoms in total. The zero-order valence-electron chi connectivity index (χ0n) is 6.89. The second-order valence-electron chi connectivity index (χ2n) is 2.33. The summed E-state index contributed by atoms with van der Waals surface area (Å²) in [6.45, 7) is 0.957. The first-order chi connectivity index (χ1) is 4.72. The lowest BCUT2D eigenvalue weighted by Crippen LogP contribution is -2.17. The number of amides is 1. The lowest BCUT2D eigenvalue weighted by molar-refractivity contribution is -0.126. The van der Waals surface area contributed by atoms with Gasteiger partial charge in [0.05, 0.1) is 0 Å². The van der Waals surface area contributed by atoms with Crippen molar-refractivity contribution in [1.29, 1.82) is 0 Å². The third-order valence-electron chi connectivity index (χ3n) is 1.31. The molecule has 0 unspecified atom stereocenters. The Labute approximate surface area is 62.0 Å². The van der Waals surface area contributed by atoms with Gasteiger partial charge in [0.2, 0.25) is 5.91 Å². The Hall–Kier alpha value is -0.570. The van der Waals surface area contributed by atoms with Crippen LogP contribution in [-0.4, -0.2) is 38.6 Å². The number of hydrogen-bond acceptors (Lipinski definition) is 2. The number of methoxy groups -OCH3 is 1. The van der Waals surface area contributed by atoms with Crippen LogP contribution in [0.4, 0.5) is 0 Å². The first kappa shape index (κ1) is 9.43. The summed E-state index contributed by atoms with van der Waals surface area (Å²) in [5, 5.41) is 0. The van der Waals surface area contributed by atoms with Crippen LogP contribution in [0, 0.1) is 0 Å². The molecule has 1 rings (SSSR count). The highest BCUT2D eigenvalue weighted by Crippen LogP contribution is 2.04. The van der Waals surface area contributed by atoms with Crippen LogP contribution < -0.4 is 0 Å². The highest BCUT2D eigenvalue weighted by atomic mass is 16.4. The van der Waals surface area contributed by atoms with E-state index in [1.165, 1.54) is 0 Å². The third kappa shape index (κ3) is 3.45. The van der Waals surface area contributed by atoms with Crippen LogP contribution >= 0.6 is 0 Å². The van der Waals surface area contributed by atoms with Crippen molar-refractivity contribution in [1.82, 2.24) is 4.90 Å². The normalized spacial score (nSPS) is 16.7. The molecule has 0 aromatic rings. The van der Waals surface area contributed by atoms with Crippen molar-refractivity contribution in [2.24, 2.45) is 0 Å². The summed E-state index contributed by atoms with van der Waals surface area (Å²) in [5.41, 5.74) is 0. The summed E-state index contributed by atoms with van der Waals surface area (Å²) >= 11 is 0. The van der Waals surface area contributed by atoms with E-state index in [0.29, 0.717) is 5.91 Å². The van der Waals surface area contributed by atoms with Crippen molar-refractivity contribution in [3.8, 4) is 0 Å². The minimum Gasteiger partial charge on any atom is -0.388 e. The quantitative estimate of drug-likeness (QED) is 0.497. The molecule has 0 aliphatic carbocycles. The summed E-state index contributed by atoms with van der Waals surface area (Å²) < 4.78 is 4.25. The van der Waals surface area contributed by atoms with E-state index in [9.17, 15) is 4.79 Å². The number of hydrogen-bond donors (Lipinski definition) is 0. The van der Waals surface area contributed by atoms with Crippen LogP contribution in [0.5, 0.6) is 0 Å². The lowest BCUT2D eigenvalue weighted by atomic mass is 10.4. The van der Waals surface area contributed by atoms with Crippen LogP contribution in [0.3, 0.4) is 0 Å². The summed E-state index contributed by atoms with van der Waals surface area (Å²) in [4.78, 5) is 12.3. The first-order valence-electron chi connectivity index (χ1n) is 3.36. The van der Waals surface area contributed by atoms with Gasteiger partial charge in [-0.25, -0.2) is 0 Å². The van der Waals surface area contributed by atoms with Gasteiger partial charge in [0, 0.05) is 34.2 Å². The maximum Gasteiger partial charge on any atom is 0.222 e. The van der Waals surface area contributed by atoms with E-state index >= 15 is 0 Å². The SMILES string of the molecule is CN1CCCC1=O.COC. The average Bonchev–Trinajstić information content (AvgIpc) is 2.19. The van der Waals surface area contributed by atoms with Crippen molar-refractivity contribution < 1.29 is 9.53 Å². The van der Waals surface area contributed by atoms with Crippen LogP contribution in [0.15, 0.2) is 0 Å². The van der Waals surface area contributed by atoms with Gasteiger partial charge < -0.3 is 9.64 Å². The predicted octanol–water partition coefficient (Wildman–Crippen LogP) is 0.501. The second kappa shape index (κ2) is 5.23. The van der Waals surface area contributed by atoms with Gasteiger partial charge in [-0.1, -0.05) is 0 Å². The largest absolute Gasteiger partial charge is 0.388 e. The number of likely N-dealkylation sites (tertiary alicyclic amines) is 1. The summed E-state index contributed by atoms with van der Waals surface area (Å²) in [7, 11) is 5.09. The monoisotopic (exact) mass is 145 g/mol. The summed E-state index contributed by atoms with van der Waals surface area (Å²) in [6, 6.07) is 0. The van der Waals surface area contributed by atoms with Gasteiger partial charge in [0.1, 0.15) is 0 Å². The zero-order chi connectivity index (χ0) is 7.98. The molecule has 0 radical (unpaired) electrons. The van der Waals surface area contributed by atoms with Gasteiger partial charge in [-0.3, -0.25) is 4.79 Å². The van der Waals surface area contributed by atoms with Crippen molar-refractivity contribution in [2.75, 3.05) is 27.8 Å². The lowest BCUT2D eigenvalue weighted by Gasteiger charge is -2.03. The molecular formula is C7H15NO2. The van der Waals surface area contributed by atoms with E-state index in [-0.39, 0.29) is 0 Å². The van der Waals surface area contributed by atoms with Crippen molar-refractivity contribution in [3.05, 3.63) is 0 Å². The highest BCUT2D eigenvalue weighted by molar-refractivity contribution is 5.77. The Bertz CT molecular complexity index is 104. The Kier molecular flexibility index (Phi) is 4.94. The van der Waals surface area contributed by atoms with Gasteiger partial charge in [-0.2, -0.15) is 0 Å². The molecule has 1 heterocycles. The number of ether oxygens (including phenoxy) is 1. The molecule has 3 heteroatoms. The van der Waals surface area contributed by atoms with Crippen molar-refractivity contribution in [2.45, 2.75) is 12.8 Å². The van der Waals surface area contributed by atoms with Crippen LogP contribution in [0.2, 0.25) is 0 Å². The highest BCUT2D eigenvalue weighted by Gasteiger charge is 2.14. The summed E-state index contributed by atoms with van der Waals surface area (Å²) in [6.07, 6.45) is 1.81. The molecular weight excluding hydrogens is 130 g/mol. The molecule has 0 aromatic carbocycles. The molecule has 0 saturated carbocycles. The molecule has 1 saturated heterocycles. The van der Waals surface area contributed by atoms with Crippen LogP contribution in [0.25, 0.3) is 0 Å². The minimum absolute atomic E-state index is 0.292. The zero-order valence-corrected chi connectivity index (χ0v) is 6.89. The number of carbonyl (C=O) groups excluding carboxylic acids is 1. The second-order valence-corrected chi connectivity index (χ2v) is 2.33. The number of rotatable bonds is 0. The fourth-order valence-corrected chi connectivity index (χ4v) is 0.783. The van der Waals surface area contributed by atoms with E-state index in [1.807, 2.05) is 7.05 Å². The molecule has 0 N–H and O–H groups in total. The van der Waals surface area contributed by atoms with E-state index in [1.54, 1.807) is 19.1 Å². The molecule has 0 aromatic heterocycles. The maximum atomic E-state index is 10.5. The van der Waals surface area contributed by atoms with E-state index in [0.717, 1.165) is 19.4 Å². The van der Waals surface area contributed by atoms with E-state index in [2.05, 4.69) is 4.74 Å². The Balaban J connectivity index is 0.000000236. The maximum absolute atomic E-state index is 10.5. The third-order valence-corrected chi connectivity index (χ3v) is 1.31. The molecule has 10 heavy (non-hydrogen) atoms. The Morgan fingerprint density at radius 1 is 1.50 bits per heavy atom. The van der Waals surface area contributed by atoms with Gasteiger partial charge in [0.25, 0.3) is 0 Å². The fourth-order valence-electron chi connectivity index (χ4n) is 0.783. The van der Waals surface area contributed by atoms with Crippen LogP contribution in [0.1, 0.15) is 12.8 Å². The smallest absolute Gasteiger partial charge is 0.222 e. The Morgan fingerprint density at radius 2 is 2.00 bits per heavy atom. The van der Waals surface area contributed by atoms with Gasteiger partial charge in [-0.05, 0) is 6.42 Å². The topological polar surface area (TPSA) is 29.5 Å². The van der Waals surface area contributed by atoms with Crippen LogP contribution in [-0.2, 0) is 9.53 Å². The molecule has 1 fully saturated rings. The van der Waals surface area contributed by atoms with E-state index < -0.39 is 0 Å². The number of nitrogens with zero attached hydrogens (tertiary/aromatic N) is 1. The predicted molar refractivity (Wildman–Crippen MR) is 39.8 cm³/mol. The molecule has 0 bridgehead atoms.